The summed E-state index contributed by atoms with van der Waals surface area (Å²) >= 11 is 1.60. The lowest BCUT2D eigenvalue weighted by Gasteiger charge is -2.23. The van der Waals surface area contributed by atoms with Crippen LogP contribution in [-0.2, 0) is 9.59 Å². The van der Waals surface area contributed by atoms with Crippen LogP contribution in [0.2, 0.25) is 0 Å². The molecule has 1 aliphatic heterocycles. The number of anilines is 1. The van der Waals surface area contributed by atoms with E-state index < -0.39 is 6.04 Å². The monoisotopic (exact) mass is 305 g/mol. The van der Waals surface area contributed by atoms with Gasteiger partial charge in [-0.1, -0.05) is 13.0 Å². The zero-order valence-corrected chi connectivity index (χ0v) is 13.0. The molecule has 2 heterocycles. The molecule has 5 nitrogen and oxygen atoms in total. The minimum absolute atomic E-state index is 0.0586. The number of thioether (sulfide) groups is 1. The summed E-state index contributed by atoms with van der Waals surface area (Å²) in [6, 6.07) is 3.04. The number of carbonyl (C=O) groups is 2. The number of amides is 2. The summed E-state index contributed by atoms with van der Waals surface area (Å²) in [7, 11) is 0. The second kappa shape index (κ2) is 7.26. The highest BCUT2D eigenvalue weighted by Crippen LogP contribution is 2.24. The molecule has 1 atom stereocenters. The highest BCUT2D eigenvalue weighted by atomic mass is 32.2. The van der Waals surface area contributed by atoms with Crippen LogP contribution in [0, 0.1) is 0 Å². The fraction of sp³-hybridized carbons (Fsp3) is 0.400. The van der Waals surface area contributed by atoms with Crippen LogP contribution in [-0.4, -0.2) is 39.4 Å². The number of aromatic nitrogens is 1. The van der Waals surface area contributed by atoms with Crippen LogP contribution < -0.4 is 5.32 Å². The van der Waals surface area contributed by atoms with E-state index in [-0.39, 0.29) is 11.8 Å². The maximum absolute atomic E-state index is 12.4. The van der Waals surface area contributed by atoms with Gasteiger partial charge >= 0.3 is 0 Å². The van der Waals surface area contributed by atoms with Gasteiger partial charge < -0.3 is 10.2 Å². The van der Waals surface area contributed by atoms with E-state index in [1.54, 1.807) is 48.1 Å². The van der Waals surface area contributed by atoms with Crippen LogP contribution in [0.4, 0.5) is 5.69 Å². The smallest absolute Gasteiger partial charge is 0.250 e. The van der Waals surface area contributed by atoms with Crippen molar-refractivity contribution >= 4 is 29.3 Å². The van der Waals surface area contributed by atoms with Crippen molar-refractivity contribution in [1.29, 1.82) is 0 Å². The van der Waals surface area contributed by atoms with E-state index in [0.29, 0.717) is 22.9 Å². The zero-order valence-electron chi connectivity index (χ0n) is 12.2. The standard InChI is InChI=1S/C15H19N3O2S/c1-3-4-11(2)15(20)18-10-21-9-13(18)14(19)17-12-5-7-16-8-6-12/h4-8,13H,3,9-10H2,1-2H3,(H,16,17,19)/b11-4+/t13-/m0/s1. The molecule has 1 aromatic rings. The lowest BCUT2D eigenvalue weighted by molar-refractivity contribution is -0.133. The van der Waals surface area contributed by atoms with Crippen LogP contribution in [0.15, 0.2) is 36.2 Å². The highest BCUT2D eigenvalue weighted by molar-refractivity contribution is 7.99. The van der Waals surface area contributed by atoms with Crippen molar-refractivity contribution in [1.82, 2.24) is 9.88 Å². The molecule has 0 saturated carbocycles. The van der Waals surface area contributed by atoms with Crippen molar-refractivity contribution in [3.8, 4) is 0 Å². The molecule has 1 saturated heterocycles. The first kappa shape index (κ1) is 15.6. The highest BCUT2D eigenvalue weighted by Gasteiger charge is 2.34. The van der Waals surface area contributed by atoms with Crippen molar-refractivity contribution < 1.29 is 9.59 Å². The second-order valence-corrected chi connectivity index (χ2v) is 5.81. The molecule has 1 aliphatic rings. The van der Waals surface area contributed by atoms with E-state index >= 15 is 0 Å². The summed E-state index contributed by atoms with van der Waals surface area (Å²) < 4.78 is 0. The summed E-state index contributed by atoms with van der Waals surface area (Å²) in [5.74, 6) is 0.977. The van der Waals surface area contributed by atoms with E-state index in [2.05, 4.69) is 10.3 Å². The van der Waals surface area contributed by atoms with Crippen molar-refractivity contribution in [3.63, 3.8) is 0 Å². The molecule has 1 N–H and O–H groups in total. The Hall–Kier alpha value is -1.82. The van der Waals surface area contributed by atoms with Gasteiger partial charge in [-0.25, -0.2) is 0 Å². The zero-order chi connectivity index (χ0) is 15.2. The molecule has 2 amide bonds. The summed E-state index contributed by atoms with van der Waals surface area (Å²) in [4.78, 5) is 30.3. The van der Waals surface area contributed by atoms with Gasteiger partial charge in [-0.2, -0.15) is 0 Å². The lowest BCUT2D eigenvalue weighted by atomic mass is 10.2. The quantitative estimate of drug-likeness (QED) is 0.867. The van der Waals surface area contributed by atoms with Crippen LogP contribution >= 0.6 is 11.8 Å². The third kappa shape index (κ3) is 3.85. The number of pyridine rings is 1. The van der Waals surface area contributed by atoms with Gasteiger partial charge in [0.15, 0.2) is 0 Å². The van der Waals surface area contributed by atoms with Crippen molar-refractivity contribution in [2.45, 2.75) is 26.3 Å². The van der Waals surface area contributed by atoms with E-state index in [0.717, 1.165) is 6.42 Å². The number of rotatable bonds is 4. The molecule has 112 valence electrons. The maximum atomic E-state index is 12.4. The normalized spacial score (nSPS) is 18.7. The molecule has 0 aromatic carbocycles. The largest absolute Gasteiger partial charge is 0.324 e. The van der Waals surface area contributed by atoms with E-state index in [4.69, 9.17) is 0 Å². The average molecular weight is 305 g/mol. The summed E-state index contributed by atoms with van der Waals surface area (Å²) in [6.45, 7) is 3.79. The fourth-order valence-electron chi connectivity index (χ4n) is 2.14. The Labute approximate surface area is 128 Å². The van der Waals surface area contributed by atoms with Gasteiger partial charge in [-0.15, -0.1) is 11.8 Å². The molecule has 6 heteroatoms. The molecule has 0 bridgehead atoms. The van der Waals surface area contributed by atoms with Gasteiger partial charge in [-0.05, 0) is 25.5 Å². The first-order chi connectivity index (χ1) is 10.1. The first-order valence-electron chi connectivity index (χ1n) is 6.90. The molecule has 0 unspecified atom stereocenters. The Morgan fingerprint density at radius 2 is 2.19 bits per heavy atom. The van der Waals surface area contributed by atoms with Crippen LogP contribution in [0.1, 0.15) is 20.3 Å². The number of hydrogen-bond acceptors (Lipinski definition) is 4. The molecule has 2 rings (SSSR count). The van der Waals surface area contributed by atoms with Crippen molar-refractivity contribution in [2.75, 3.05) is 16.9 Å². The molecular formula is C15H19N3O2S. The predicted molar refractivity (Wildman–Crippen MR) is 84.9 cm³/mol. The number of carbonyl (C=O) groups excluding carboxylic acids is 2. The molecule has 21 heavy (non-hydrogen) atoms. The van der Waals surface area contributed by atoms with Gasteiger partial charge in [-0.3, -0.25) is 14.6 Å². The minimum Gasteiger partial charge on any atom is -0.324 e. The molecule has 0 aliphatic carbocycles. The summed E-state index contributed by atoms with van der Waals surface area (Å²) in [5.41, 5.74) is 1.39. The molecule has 0 radical (unpaired) electrons. The van der Waals surface area contributed by atoms with Crippen molar-refractivity contribution in [2.24, 2.45) is 0 Å². The number of nitrogens with zero attached hydrogens (tertiary/aromatic N) is 2. The molecule has 1 fully saturated rings. The first-order valence-corrected chi connectivity index (χ1v) is 8.05. The van der Waals surface area contributed by atoms with Gasteiger partial charge in [0, 0.05) is 29.4 Å². The number of allylic oxidation sites excluding steroid dienone is 1. The van der Waals surface area contributed by atoms with Gasteiger partial charge in [0.2, 0.25) is 5.91 Å². The average Bonchev–Trinajstić information content (AvgIpc) is 2.97. The van der Waals surface area contributed by atoms with E-state index in [1.165, 1.54) is 0 Å². The minimum atomic E-state index is -0.420. The topological polar surface area (TPSA) is 62.3 Å². The Balaban J connectivity index is 2.06. The summed E-state index contributed by atoms with van der Waals surface area (Å²) in [6.07, 6.45) is 5.95. The SMILES string of the molecule is CC/C=C(\C)C(=O)N1CSC[C@H]1C(=O)Nc1ccncc1. The maximum Gasteiger partial charge on any atom is 0.250 e. The molecule has 0 spiro atoms. The van der Waals surface area contributed by atoms with Crippen LogP contribution in [0.25, 0.3) is 0 Å². The molecular weight excluding hydrogens is 286 g/mol. The lowest BCUT2D eigenvalue weighted by Crippen LogP contribution is -2.44. The second-order valence-electron chi connectivity index (χ2n) is 4.81. The third-order valence-corrected chi connectivity index (χ3v) is 4.25. The third-order valence-electron chi connectivity index (χ3n) is 3.24. The Morgan fingerprint density at radius 3 is 2.86 bits per heavy atom. The molecule has 1 aromatic heterocycles. The van der Waals surface area contributed by atoms with Crippen LogP contribution in [0.3, 0.4) is 0 Å². The predicted octanol–water partition coefficient (Wildman–Crippen LogP) is 2.28. The Bertz CT molecular complexity index is 545. The Kier molecular flexibility index (Phi) is 5.38. The summed E-state index contributed by atoms with van der Waals surface area (Å²) in [5, 5.41) is 2.83. The number of hydrogen-bond donors (Lipinski definition) is 1. The fourth-order valence-corrected chi connectivity index (χ4v) is 3.29. The van der Waals surface area contributed by atoms with Crippen LogP contribution in [0.5, 0.6) is 0 Å². The van der Waals surface area contributed by atoms with Gasteiger partial charge in [0.25, 0.3) is 5.91 Å². The number of nitrogens with one attached hydrogen (secondary N) is 1. The van der Waals surface area contributed by atoms with Gasteiger partial charge in [0.05, 0.1) is 5.88 Å². The Morgan fingerprint density at radius 1 is 1.48 bits per heavy atom. The van der Waals surface area contributed by atoms with E-state index in [1.807, 2.05) is 13.0 Å². The van der Waals surface area contributed by atoms with E-state index in [9.17, 15) is 9.59 Å². The van der Waals surface area contributed by atoms with Gasteiger partial charge in [0.1, 0.15) is 6.04 Å². The van der Waals surface area contributed by atoms with Crippen molar-refractivity contribution in [3.05, 3.63) is 36.2 Å².